The number of phenolic OH excluding ortho intramolecular Hbond substituents is 1. The minimum absolute atomic E-state index is 0.0197. The second-order valence-electron chi connectivity index (χ2n) is 3.65. The van der Waals surface area contributed by atoms with E-state index < -0.39 is 5.82 Å². The minimum atomic E-state index is -0.519. The molecule has 0 aliphatic carbocycles. The number of carbonyl (C=O) groups is 1. The lowest BCUT2D eigenvalue weighted by Crippen LogP contribution is -1.98. The summed E-state index contributed by atoms with van der Waals surface area (Å²) in [5.74, 6) is -1.02. The van der Waals surface area contributed by atoms with Crippen molar-refractivity contribution in [2.45, 2.75) is 20.3 Å². The van der Waals surface area contributed by atoms with Crippen LogP contribution in [0.2, 0.25) is 0 Å². The number of allylic oxidation sites excluding steroid dienone is 1. The molecule has 0 bridgehead atoms. The van der Waals surface area contributed by atoms with E-state index >= 15 is 0 Å². The zero-order chi connectivity index (χ0) is 11.6. The van der Waals surface area contributed by atoms with E-state index in [1.54, 1.807) is 6.92 Å². The van der Waals surface area contributed by atoms with Crippen LogP contribution in [-0.4, -0.2) is 10.9 Å². The van der Waals surface area contributed by atoms with Gasteiger partial charge in [0.2, 0.25) is 0 Å². The topological polar surface area (TPSA) is 37.3 Å². The van der Waals surface area contributed by atoms with Gasteiger partial charge in [-0.15, -0.1) is 0 Å². The van der Waals surface area contributed by atoms with Crippen molar-refractivity contribution in [3.05, 3.63) is 41.2 Å². The van der Waals surface area contributed by atoms with Crippen LogP contribution >= 0.6 is 0 Å². The van der Waals surface area contributed by atoms with E-state index in [0.717, 1.165) is 11.6 Å². The second-order valence-corrected chi connectivity index (χ2v) is 3.65. The summed E-state index contributed by atoms with van der Waals surface area (Å²) in [6.07, 6.45) is 0.365. The molecule has 2 nitrogen and oxygen atoms in total. The van der Waals surface area contributed by atoms with Gasteiger partial charge in [-0.25, -0.2) is 4.39 Å². The van der Waals surface area contributed by atoms with Gasteiger partial charge in [0.1, 0.15) is 11.6 Å². The van der Waals surface area contributed by atoms with E-state index in [2.05, 4.69) is 6.58 Å². The van der Waals surface area contributed by atoms with E-state index in [-0.39, 0.29) is 17.1 Å². The number of hydrogen-bond acceptors (Lipinski definition) is 2. The van der Waals surface area contributed by atoms with Crippen molar-refractivity contribution in [1.29, 1.82) is 0 Å². The molecule has 0 amide bonds. The average molecular weight is 208 g/mol. The van der Waals surface area contributed by atoms with Crippen LogP contribution in [0.4, 0.5) is 4.39 Å². The van der Waals surface area contributed by atoms with Crippen molar-refractivity contribution in [1.82, 2.24) is 0 Å². The third-order valence-electron chi connectivity index (χ3n) is 2.03. The molecule has 0 heterocycles. The Hall–Kier alpha value is -1.64. The molecule has 0 aromatic heterocycles. The summed E-state index contributed by atoms with van der Waals surface area (Å²) in [5, 5.41) is 9.70. The highest BCUT2D eigenvalue weighted by molar-refractivity contribution is 5.97. The monoisotopic (exact) mass is 208 g/mol. The number of ketones is 1. The van der Waals surface area contributed by atoms with Gasteiger partial charge in [-0.05, 0) is 32.4 Å². The molecule has 1 aromatic carbocycles. The Bertz CT molecular complexity index is 422. The third-order valence-corrected chi connectivity index (χ3v) is 2.03. The van der Waals surface area contributed by atoms with Gasteiger partial charge in [-0.3, -0.25) is 4.79 Å². The maximum absolute atomic E-state index is 13.1. The number of aromatic hydroxyl groups is 1. The maximum Gasteiger partial charge on any atom is 0.163 e. The van der Waals surface area contributed by atoms with Crippen LogP contribution in [-0.2, 0) is 6.42 Å². The first-order chi connectivity index (χ1) is 6.91. The molecule has 0 saturated heterocycles. The fourth-order valence-corrected chi connectivity index (χ4v) is 1.38. The fourth-order valence-electron chi connectivity index (χ4n) is 1.38. The van der Waals surface area contributed by atoms with Gasteiger partial charge in [0.25, 0.3) is 0 Å². The average Bonchev–Trinajstić information content (AvgIpc) is 2.09. The van der Waals surface area contributed by atoms with Gasteiger partial charge in [-0.2, -0.15) is 0 Å². The molecule has 0 fully saturated rings. The summed E-state index contributed by atoms with van der Waals surface area (Å²) in [4.78, 5) is 11.1. The maximum atomic E-state index is 13.1. The molecule has 0 aliphatic heterocycles. The van der Waals surface area contributed by atoms with Crippen LogP contribution in [0.15, 0.2) is 24.3 Å². The number of Topliss-reactive ketones (excluding diaryl/α,β-unsaturated/α-hetero) is 1. The molecule has 0 spiro atoms. The number of hydrogen-bond donors (Lipinski definition) is 1. The number of halogens is 1. The third kappa shape index (κ3) is 2.65. The molecule has 0 saturated carbocycles. The molecule has 80 valence electrons. The molecule has 1 rings (SSSR count). The van der Waals surface area contributed by atoms with Crippen LogP contribution in [0, 0.1) is 5.82 Å². The summed E-state index contributed by atoms with van der Waals surface area (Å²) < 4.78 is 13.1. The van der Waals surface area contributed by atoms with Gasteiger partial charge < -0.3 is 5.11 Å². The Morgan fingerprint density at radius 2 is 2.07 bits per heavy atom. The summed E-state index contributed by atoms with van der Waals surface area (Å²) >= 11 is 0. The molecule has 3 heteroatoms. The molecule has 1 N–H and O–H groups in total. The fraction of sp³-hybridized carbons (Fsp3) is 0.250. The first kappa shape index (κ1) is 11.4. The molecule has 0 atom stereocenters. The molecule has 1 aromatic rings. The highest BCUT2D eigenvalue weighted by Gasteiger charge is 2.13. The van der Waals surface area contributed by atoms with Gasteiger partial charge in [0.15, 0.2) is 5.78 Å². The van der Waals surface area contributed by atoms with Crippen LogP contribution in [0.3, 0.4) is 0 Å². The lowest BCUT2D eigenvalue weighted by molar-refractivity contribution is 0.101. The van der Waals surface area contributed by atoms with Gasteiger partial charge in [-0.1, -0.05) is 12.2 Å². The summed E-state index contributed by atoms with van der Waals surface area (Å²) in [6.45, 7) is 6.74. The van der Waals surface area contributed by atoms with Crippen molar-refractivity contribution in [3.63, 3.8) is 0 Å². The Morgan fingerprint density at radius 3 is 2.53 bits per heavy atom. The zero-order valence-corrected chi connectivity index (χ0v) is 8.80. The van der Waals surface area contributed by atoms with Crippen LogP contribution in [0.1, 0.15) is 29.8 Å². The minimum Gasteiger partial charge on any atom is -0.507 e. The van der Waals surface area contributed by atoms with Gasteiger partial charge in [0.05, 0.1) is 5.56 Å². The number of phenols is 1. The van der Waals surface area contributed by atoms with Crippen LogP contribution in [0.5, 0.6) is 5.75 Å². The smallest absolute Gasteiger partial charge is 0.163 e. The molecular weight excluding hydrogens is 195 g/mol. The Balaban J connectivity index is 3.28. The standard InChI is InChI=1S/C12H13FO2/c1-7(2)4-9-5-10(13)6-11(8(3)14)12(9)15/h5-6,15H,1,4H2,2-3H3. The molecule has 0 radical (unpaired) electrons. The Labute approximate surface area is 88.1 Å². The summed E-state index contributed by atoms with van der Waals surface area (Å²) in [7, 11) is 0. The van der Waals surface area contributed by atoms with Crippen molar-refractivity contribution < 1.29 is 14.3 Å². The SMILES string of the molecule is C=C(C)Cc1cc(F)cc(C(C)=O)c1O. The number of carbonyl (C=O) groups excluding carboxylic acids is 1. The second kappa shape index (κ2) is 4.26. The zero-order valence-electron chi connectivity index (χ0n) is 8.80. The Morgan fingerprint density at radius 1 is 1.47 bits per heavy atom. The van der Waals surface area contributed by atoms with Crippen LogP contribution < -0.4 is 0 Å². The van der Waals surface area contributed by atoms with Gasteiger partial charge in [0, 0.05) is 5.56 Å². The molecular formula is C12H13FO2. The summed E-state index contributed by atoms with van der Waals surface area (Å²) in [6, 6.07) is 2.26. The highest BCUT2D eigenvalue weighted by Crippen LogP contribution is 2.26. The lowest BCUT2D eigenvalue weighted by atomic mass is 10.0. The van der Waals surface area contributed by atoms with Gasteiger partial charge >= 0.3 is 0 Å². The predicted octanol–water partition coefficient (Wildman–Crippen LogP) is 2.85. The van der Waals surface area contributed by atoms with Crippen molar-refractivity contribution in [2.75, 3.05) is 0 Å². The molecule has 0 aliphatic rings. The van der Waals surface area contributed by atoms with E-state index in [1.807, 2.05) is 0 Å². The number of rotatable bonds is 3. The predicted molar refractivity (Wildman–Crippen MR) is 56.6 cm³/mol. The van der Waals surface area contributed by atoms with E-state index in [1.165, 1.54) is 13.0 Å². The van der Waals surface area contributed by atoms with Crippen molar-refractivity contribution in [2.24, 2.45) is 0 Å². The van der Waals surface area contributed by atoms with E-state index in [9.17, 15) is 14.3 Å². The molecule has 0 unspecified atom stereocenters. The first-order valence-electron chi connectivity index (χ1n) is 4.58. The number of benzene rings is 1. The molecule has 15 heavy (non-hydrogen) atoms. The Kier molecular flexibility index (Phi) is 3.24. The summed E-state index contributed by atoms with van der Waals surface area (Å²) in [5.41, 5.74) is 1.21. The van der Waals surface area contributed by atoms with Crippen LogP contribution in [0.25, 0.3) is 0 Å². The quantitative estimate of drug-likeness (QED) is 0.612. The van der Waals surface area contributed by atoms with E-state index in [0.29, 0.717) is 12.0 Å². The normalized spacial score (nSPS) is 10.1. The van der Waals surface area contributed by atoms with Crippen molar-refractivity contribution >= 4 is 5.78 Å². The lowest BCUT2D eigenvalue weighted by Gasteiger charge is -2.08. The first-order valence-corrected chi connectivity index (χ1v) is 4.58. The van der Waals surface area contributed by atoms with E-state index in [4.69, 9.17) is 0 Å². The largest absolute Gasteiger partial charge is 0.507 e. The highest BCUT2D eigenvalue weighted by atomic mass is 19.1. The van der Waals surface area contributed by atoms with Crippen molar-refractivity contribution in [3.8, 4) is 5.75 Å².